The van der Waals surface area contributed by atoms with E-state index in [1.165, 1.54) is 5.57 Å². The van der Waals surface area contributed by atoms with Crippen molar-refractivity contribution in [3.63, 3.8) is 0 Å². The normalized spacial score (nSPS) is 14.8. The molecule has 1 amide bonds. The van der Waals surface area contributed by atoms with E-state index in [0.29, 0.717) is 25.1 Å². The minimum absolute atomic E-state index is 0.103. The maximum atomic E-state index is 11.7. The van der Waals surface area contributed by atoms with Crippen LogP contribution < -0.4 is 11.1 Å². The Morgan fingerprint density at radius 2 is 1.95 bits per heavy atom. The molecule has 0 fully saturated rings. The van der Waals surface area contributed by atoms with Gasteiger partial charge in [0.2, 0.25) is 0 Å². The first-order valence-electron chi connectivity index (χ1n) is 6.91. The molecule has 0 spiro atoms. The van der Waals surface area contributed by atoms with Crippen LogP contribution in [-0.4, -0.2) is 24.8 Å². The van der Waals surface area contributed by atoms with E-state index >= 15 is 0 Å². The lowest BCUT2D eigenvalue weighted by Crippen LogP contribution is -2.28. The van der Waals surface area contributed by atoms with Gasteiger partial charge < -0.3 is 11.1 Å². The minimum Gasteiger partial charge on any atom is -0.351 e. The molecule has 0 atom stereocenters. The van der Waals surface area contributed by atoms with Crippen molar-refractivity contribution in [3.05, 3.63) is 46.5 Å². The number of ketones is 1. The highest BCUT2D eigenvalue weighted by Crippen LogP contribution is 2.25. The highest BCUT2D eigenvalue weighted by atomic mass is 16.1. The largest absolute Gasteiger partial charge is 0.351 e. The minimum atomic E-state index is -0.103. The van der Waals surface area contributed by atoms with Gasteiger partial charge in [-0.15, -0.1) is 0 Å². The quantitative estimate of drug-likeness (QED) is 0.855. The van der Waals surface area contributed by atoms with Gasteiger partial charge in [-0.1, -0.05) is 17.7 Å². The molecule has 1 aromatic rings. The van der Waals surface area contributed by atoms with Crippen LogP contribution in [0.15, 0.2) is 35.4 Å². The van der Waals surface area contributed by atoms with Crippen molar-refractivity contribution in [2.24, 2.45) is 5.73 Å². The number of carbonyl (C=O) groups is 2. The fourth-order valence-electron chi connectivity index (χ4n) is 2.37. The van der Waals surface area contributed by atoms with Crippen molar-refractivity contribution in [3.8, 4) is 0 Å². The average Bonchev–Trinajstić information content (AvgIpc) is 2.77. The Morgan fingerprint density at radius 1 is 1.25 bits per heavy atom. The number of hydrogen-bond donors (Lipinski definition) is 2. The average molecular weight is 272 g/mol. The van der Waals surface area contributed by atoms with Gasteiger partial charge in [-0.25, -0.2) is 0 Å². The highest BCUT2D eigenvalue weighted by Gasteiger charge is 2.18. The van der Waals surface area contributed by atoms with Crippen molar-refractivity contribution in [2.45, 2.75) is 26.2 Å². The number of nitrogens with one attached hydrogen (secondary N) is 1. The third-order valence-corrected chi connectivity index (χ3v) is 3.67. The van der Waals surface area contributed by atoms with Gasteiger partial charge in [0, 0.05) is 25.1 Å². The number of allylic oxidation sites excluding steroid dienone is 2. The van der Waals surface area contributed by atoms with Crippen molar-refractivity contribution in [1.82, 2.24) is 5.32 Å². The Kier molecular flexibility index (Phi) is 4.69. The van der Waals surface area contributed by atoms with Gasteiger partial charge in [0.05, 0.1) is 0 Å². The monoisotopic (exact) mass is 272 g/mol. The Bertz CT molecular complexity index is 544. The van der Waals surface area contributed by atoms with Gasteiger partial charge in [-0.3, -0.25) is 9.59 Å². The van der Waals surface area contributed by atoms with E-state index in [2.05, 4.69) is 5.32 Å². The summed E-state index contributed by atoms with van der Waals surface area (Å²) in [6.07, 6.45) is 2.30. The molecule has 0 saturated heterocycles. The zero-order valence-corrected chi connectivity index (χ0v) is 11.7. The van der Waals surface area contributed by atoms with Crippen LogP contribution >= 0.6 is 0 Å². The topological polar surface area (TPSA) is 72.2 Å². The molecule has 3 N–H and O–H groups in total. The summed E-state index contributed by atoms with van der Waals surface area (Å²) in [5.41, 5.74) is 9.24. The van der Waals surface area contributed by atoms with Crippen molar-refractivity contribution >= 4 is 11.7 Å². The van der Waals surface area contributed by atoms with Crippen LogP contribution in [0.25, 0.3) is 0 Å². The molecule has 1 aliphatic carbocycles. The van der Waals surface area contributed by atoms with Crippen molar-refractivity contribution in [2.75, 3.05) is 13.1 Å². The molecule has 0 radical (unpaired) electrons. The van der Waals surface area contributed by atoms with E-state index in [4.69, 9.17) is 5.73 Å². The molecule has 20 heavy (non-hydrogen) atoms. The molecule has 2 rings (SSSR count). The maximum Gasteiger partial charge on any atom is 0.251 e. The third kappa shape index (κ3) is 3.33. The van der Waals surface area contributed by atoms with Crippen LogP contribution in [0.3, 0.4) is 0 Å². The number of nitrogens with two attached hydrogens (primary N) is 1. The Hall–Kier alpha value is -1.94. The number of hydrogen-bond acceptors (Lipinski definition) is 3. The zero-order chi connectivity index (χ0) is 14.5. The van der Waals surface area contributed by atoms with Crippen LogP contribution in [0.5, 0.6) is 0 Å². The summed E-state index contributed by atoms with van der Waals surface area (Å²) in [5, 5.41) is 2.74. The van der Waals surface area contributed by atoms with E-state index in [0.717, 1.165) is 24.0 Å². The molecule has 4 heteroatoms. The number of benzene rings is 1. The summed E-state index contributed by atoms with van der Waals surface area (Å²) >= 11 is 0. The van der Waals surface area contributed by atoms with Crippen LogP contribution in [0.4, 0.5) is 0 Å². The fourth-order valence-corrected chi connectivity index (χ4v) is 2.37. The smallest absolute Gasteiger partial charge is 0.251 e. The predicted molar refractivity (Wildman–Crippen MR) is 78.5 cm³/mol. The molecular weight excluding hydrogens is 252 g/mol. The van der Waals surface area contributed by atoms with E-state index in [1.807, 2.05) is 31.2 Å². The van der Waals surface area contributed by atoms with E-state index in [-0.39, 0.29) is 11.7 Å². The van der Waals surface area contributed by atoms with Gasteiger partial charge in [0.15, 0.2) is 5.78 Å². The lowest BCUT2D eigenvalue weighted by Gasteiger charge is -2.06. The molecule has 0 unspecified atom stereocenters. The predicted octanol–water partition coefficient (Wildman–Crippen LogP) is 1.60. The second-order valence-electron chi connectivity index (χ2n) is 5.07. The summed E-state index contributed by atoms with van der Waals surface area (Å²) in [4.78, 5) is 23.2. The Labute approximate surface area is 119 Å². The first-order chi connectivity index (χ1) is 9.61. The molecule has 106 valence electrons. The summed E-state index contributed by atoms with van der Waals surface area (Å²) in [6.45, 7) is 2.82. The second kappa shape index (κ2) is 6.48. The first-order valence-corrected chi connectivity index (χ1v) is 6.91. The van der Waals surface area contributed by atoms with Gasteiger partial charge in [0.25, 0.3) is 5.91 Å². The van der Waals surface area contributed by atoms with E-state index < -0.39 is 0 Å². The van der Waals surface area contributed by atoms with Gasteiger partial charge >= 0.3 is 0 Å². The standard InChI is InChI=1S/C16H20N2O2/c1-11-14(6-7-15(11)19)10-12-2-4-13(5-3-12)16(20)18-9-8-17/h2-5H,6-10,17H2,1H3,(H,18,20). The summed E-state index contributed by atoms with van der Waals surface area (Å²) in [6, 6.07) is 7.52. The zero-order valence-electron chi connectivity index (χ0n) is 11.7. The van der Waals surface area contributed by atoms with E-state index in [1.54, 1.807) is 0 Å². The van der Waals surface area contributed by atoms with Crippen molar-refractivity contribution in [1.29, 1.82) is 0 Å². The Morgan fingerprint density at radius 3 is 2.50 bits per heavy atom. The molecule has 1 aromatic carbocycles. The molecule has 0 aromatic heterocycles. The van der Waals surface area contributed by atoms with Crippen molar-refractivity contribution < 1.29 is 9.59 Å². The SMILES string of the molecule is CC1=C(Cc2ccc(C(=O)NCCN)cc2)CCC1=O. The third-order valence-electron chi connectivity index (χ3n) is 3.67. The molecule has 1 aliphatic rings. The lowest BCUT2D eigenvalue weighted by atomic mass is 10.0. The summed E-state index contributed by atoms with van der Waals surface area (Å²) in [5.74, 6) is 0.159. The maximum absolute atomic E-state index is 11.7. The van der Waals surface area contributed by atoms with Crippen LogP contribution in [0.2, 0.25) is 0 Å². The van der Waals surface area contributed by atoms with Crippen LogP contribution in [0.1, 0.15) is 35.7 Å². The lowest BCUT2D eigenvalue weighted by molar-refractivity contribution is -0.114. The molecule has 0 saturated carbocycles. The Balaban J connectivity index is 2.02. The molecular formula is C16H20N2O2. The number of rotatable bonds is 5. The summed E-state index contributed by atoms with van der Waals surface area (Å²) < 4.78 is 0. The van der Waals surface area contributed by atoms with Gasteiger partial charge in [-0.2, -0.15) is 0 Å². The first kappa shape index (κ1) is 14.5. The van der Waals surface area contributed by atoms with Gasteiger partial charge in [-0.05, 0) is 43.0 Å². The van der Waals surface area contributed by atoms with Crippen LogP contribution in [-0.2, 0) is 11.2 Å². The number of carbonyl (C=O) groups excluding carboxylic acids is 2. The second-order valence-corrected chi connectivity index (χ2v) is 5.07. The molecule has 0 aliphatic heterocycles. The van der Waals surface area contributed by atoms with Gasteiger partial charge in [0.1, 0.15) is 0 Å². The fraction of sp³-hybridized carbons (Fsp3) is 0.375. The number of Topliss-reactive ketones (excluding diaryl/α,β-unsaturated/α-hetero) is 1. The van der Waals surface area contributed by atoms with E-state index in [9.17, 15) is 9.59 Å². The molecule has 0 bridgehead atoms. The summed E-state index contributed by atoms with van der Waals surface area (Å²) in [7, 11) is 0. The molecule has 0 heterocycles. The van der Waals surface area contributed by atoms with Crippen LogP contribution in [0, 0.1) is 0 Å². The number of amides is 1. The molecule has 4 nitrogen and oxygen atoms in total. The highest BCUT2D eigenvalue weighted by molar-refractivity contribution is 5.98.